The van der Waals surface area contributed by atoms with E-state index in [1.807, 2.05) is 0 Å². The van der Waals surface area contributed by atoms with Gasteiger partial charge in [-0.15, -0.1) is 0 Å². The van der Waals surface area contributed by atoms with Gasteiger partial charge >= 0.3 is 0 Å². The number of nitrogens with one attached hydrogen (secondary N) is 1. The summed E-state index contributed by atoms with van der Waals surface area (Å²) in [5, 5.41) is 2.76. The van der Waals surface area contributed by atoms with Crippen molar-refractivity contribution in [3.05, 3.63) is 57.5 Å². The number of aromatic nitrogens is 1. The number of carbonyl (C=O) groups is 1. The highest BCUT2D eigenvalue weighted by Gasteiger charge is 2.08. The Hall–Kier alpha value is -1.46. The lowest BCUT2D eigenvalue weighted by Gasteiger charge is -2.06. The van der Waals surface area contributed by atoms with Crippen molar-refractivity contribution in [1.82, 2.24) is 4.98 Å². The van der Waals surface area contributed by atoms with E-state index in [1.165, 1.54) is 18.3 Å². The summed E-state index contributed by atoms with van der Waals surface area (Å²) in [4.78, 5) is 15.7. The molecule has 1 amide bonds. The van der Waals surface area contributed by atoms with Gasteiger partial charge in [0.25, 0.3) is 5.91 Å². The van der Waals surface area contributed by atoms with Crippen LogP contribution in [0.5, 0.6) is 0 Å². The Morgan fingerprint density at radius 3 is 2.72 bits per heavy atom. The van der Waals surface area contributed by atoms with Gasteiger partial charge in [-0.25, -0.2) is 4.39 Å². The summed E-state index contributed by atoms with van der Waals surface area (Å²) in [6, 6.07) is 5.43. The molecule has 2 aromatic rings. The summed E-state index contributed by atoms with van der Waals surface area (Å²) < 4.78 is 13.8. The molecule has 0 radical (unpaired) electrons. The van der Waals surface area contributed by atoms with Crippen LogP contribution in [0.25, 0.3) is 0 Å². The van der Waals surface area contributed by atoms with Gasteiger partial charge in [0, 0.05) is 27.6 Å². The lowest BCUT2D eigenvalue weighted by atomic mass is 10.2. The Labute approximate surface area is 116 Å². The molecule has 2 rings (SSSR count). The summed E-state index contributed by atoms with van der Waals surface area (Å²) in [5.74, 6) is -0.893. The number of hydrogen-bond donors (Lipinski definition) is 1. The monoisotopic (exact) mass is 328 g/mol. The van der Waals surface area contributed by atoms with Crippen molar-refractivity contribution in [2.45, 2.75) is 0 Å². The van der Waals surface area contributed by atoms with Gasteiger partial charge < -0.3 is 5.32 Å². The maximum absolute atomic E-state index is 13.1. The molecular weight excluding hydrogens is 322 g/mol. The first-order valence-electron chi connectivity index (χ1n) is 4.92. The first kappa shape index (κ1) is 13.0. The van der Waals surface area contributed by atoms with Crippen molar-refractivity contribution in [3.8, 4) is 0 Å². The molecule has 1 N–H and O–H groups in total. The second kappa shape index (κ2) is 5.46. The molecule has 0 aliphatic heterocycles. The van der Waals surface area contributed by atoms with Crippen LogP contribution in [-0.4, -0.2) is 10.9 Å². The third-order valence-corrected chi connectivity index (χ3v) is 2.74. The van der Waals surface area contributed by atoms with Crippen molar-refractivity contribution in [2.24, 2.45) is 0 Å². The van der Waals surface area contributed by atoms with E-state index in [1.54, 1.807) is 12.3 Å². The van der Waals surface area contributed by atoms with E-state index >= 15 is 0 Å². The number of pyridine rings is 1. The molecule has 6 heteroatoms. The minimum atomic E-state index is -0.509. The predicted octanol–water partition coefficient (Wildman–Crippen LogP) is 3.89. The number of amides is 1. The molecule has 0 atom stereocenters. The molecule has 1 heterocycles. The maximum atomic E-state index is 13.1. The number of benzene rings is 1. The van der Waals surface area contributed by atoms with Crippen LogP contribution < -0.4 is 5.32 Å². The normalized spacial score (nSPS) is 10.2. The lowest BCUT2D eigenvalue weighted by molar-refractivity contribution is 0.102. The van der Waals surface area contributed by atoms with Gasteiger partial charge in [0.1, 0.15) is 5.82 Å². The average molecular weight is 330 g/mol. The second-order valence-corrected chi connectivity index (χ2v) is 4.86. The first-order chi connectivity index (χ1) is 8.54. The van der Waals surface area contributed by atoms with Gasteiger partial charge in [0.15, 0.2) is 0 Å². The first-order valence-corrected chi connectivity index (χ1v) is 6.10. The van der Waals surface area contributed by atoms with Crippen molar-refractivity contribution in [2.75, 3.05) is 5.32 Å². The fourth-order valence-corrected chi connectivity index (χ4v) is 1.95. The zero-order chi connectivity index (χ0) is 13.1. The fraction of sp³-hybridized carbons (Fsp3) is 0. The minimum Gasteiger partial charge on any atom is -0.322 e. The van der Waals surface area contributed by atoms with E-state index in [9.17, 15) is 9.18 Å². The van der Waals surface area contributed by atoms with Crippen LogP contribution in [0.4, 0.5) is 10.1 Å². The molecular formula is C12H7BrClFN2O. The molecule has 0 unspecified atom stereocenters. The molecule has 18 heavy (non-hydrogen) atoms. The molecule has 0 saturated heterocycles. The Balaban J connectivity index is 2.21. The highest BCUT2D eigenvalue weighted by molar-refractivity contribution is 9.10. The Morgan fingerprint density at radius 1 is 1.28 bits per heavy atom. The van der Waals surface area contributed by atoms with Crippen LogP contribution >= 0.6 is 27.5 Å². The molecule has 1 aromatic heterocycles. The summed E-state index contributed by atoms with van der Waals surface area (Å²) in [6.45, 7) is 0. The van der Waals surface area contributed by atoms with E-state index in [2.05, 4.69) is 26.2 Å². The molecule has 0 aliphatic carbocycles. The van der Waals surface area contributed by atoms with Crippen molar-refractivity contribution in [1.29, 1.82) is 0 Å². The molecule has 92 valence electrons. The summed E-state index contributed by atoms with van der Waals surface area (Å²) >= 11 is 8.91. The minimum absolute atomic E-state index is 0.220. The number of nitrogens with zero attached hydrogens (tertiary/aromatic N) is 1. The Kier molecular flexibility index (Phi) is 3.93. The van der Waals surface area contributed by atoms with Crippen LogP contribution in [0.1, 0.15) is 10.4 Å². The largest absolute Gasteiger partial charge is 0.322 e. The van der Waals surface area contributed by atoms with Gasteiger partial charge in [-0.05, 0) is 40.2 Å². The van der Waals surface area contributed by atoms with E-state index in [4.69, 9.17) is 11.6 Å². The lowest BCUT2D eigenvalue weighted by Crippen LogP contribution is -2.12. The second-order valence-electron chi connectivity index (χ2n) is 3.50. The van der Waals surface area contributed by atoms with Crippen molar-refractivity contribution >= 4 is 39.1 Å². The Bertz CT molecular complexity index is 586. The quantitative estimate of drug-likeness (QED) is 0.908. The zero-order valence-corrected chi connectivity index (χ0v) is 11.3. The van der Waals surface area contributed by atoms with Gasteiger partial charge in [-0.3, -0.25) is 9.78 Å². The van der Waals surface area contributed by atoms with E-state index in [0.29, 0.717) is 15.7 Å². The fourth-order valence-electron chi connectivity index (χ4n) is 1.37. The van der Waals surface area contributed by atoms with E-state index in [-0.39, 0.29) is 10.9 Å². The smallest absolute Gasteiger partial charge is 0.257 e. The molecule has 1 aromatic carbocycles. The SMILES string of the molecule is O=C(Nc1cc(F)cc(Cl)c1)c1cncc(Br)c1. The summed E-state index contributed by atoms with van der Waals surface area (Å²) in [7, 11) is 0. The molecule has 3 nitrogen and oxygen atoms in total. The summed E-state index contributed by atoms with van der Waals surface area (Å²) in [6.07, 6.45) is 2.98. The Morgan fingerprint density at radius 2 is 2.06 bits per heavy atom. The number of carbonyl (C=O) groups excluding carboxylic acids is 1. The maximum Gasteiger partial charge on any atom is 0.257 e. The highest BCUT2D eigenvalue weighted by atomic mass is 79.9. The van der Waals surface area contributed by atoms with Crippen LogP contribution in [0, 0.1) is 5.82 Å². The van der Waals surface area contributed by atoms with E-state index in [0.717, 1.165) is 6.07 Å². The van der Waals surface area contributed by atoms with Gasteiger partial charge in [-0.1, -0.05) is 11.6 Å². The van der Waals surface area contributed by atoms with Crippen LogP contribution in [-0.2, 0) is 0 Å². The number of anilines is 1. The summed E-state index contributed by atoms with van der Waals surface area (Å²) in [5.41, 5.74) is 0.662. The zero-order valence-electron chi connectivity index (χ0n) is 8.95. The van der Waals surface area contributed by atoms with Crippen molar-refractivity contribution < 1.29 is 9.18 Å². The van der Waals surface area contributed by atoms with Gasteiger partial charge in [0.05, 0.1) is 5.56 Å². The van der Waals surface area contributed by atoms with Crippen LogP contribution in [0.2, 0.25) is 5.02 Å². The standard InChI is InChI=1S/C12H7BrClFN2O/c13-8-1-7(5-16-6-8)12(18)17-11-3-9(14)2-10(15)4-11/h1-6H,(H,17,18). The van der Waals surface area contributed by atoms with Crippen LogP contribution in [0.15, 0.2) is 41.1 Å². The number of halogens is 3. The number of hydrogen-bond acceptors (Lipinski definition) is 2. The van der Waals surface area contributed by atoms with Crippen molar-refractivity contribution in [3.63, 3.8) is 0 Å². The van der Waals surface area contributed by atoms with Crippen LogP contribution in [0.3, 0.4) is 0 Å². The average Bonchev–Trinajstić information content (AvgIpc) is 2.27. The topological polar surface area (TPSA) is 42.0 Å². The molecule has 0 aliphatic rings. The molecule has 0 saturated carbocycles. The van der Waals surface area contributed by atoms with E-state index < -0.39 is 5.82 Å². The third kappa shape index (κ3) is 3.27. The van der Waals surface area contributed by atoms with Gasteiger partial charge in [0.2, 0.25) is 0 Å². The molecule has 0 bridgehead atoms. The highest BCUT2D eigenvalue weighted by Crippen LogP contribution is 2.19. The molecule has 0 spiro atoms. The predicted molar refractivity (Wildman–Crippen MR) is 71.3 cm³/mol. The number of rotatable bonds is 2. The molecule has 0 fully saturated rings. The third-order valence-electron chi connectivity index (χ3n) is 2.09. The van der Waals surface area contributed by atoms with Gasteiger partial charge in [-0.2, -0.15) is 0 Å².